The van der Waals surface area contributed by atoms with Gasteiger partial charge in [0.1, 0.15) is 4.33 Å². The van der Waals surface area contributed by atoms with Crippen LogP contribution in [-0.2, 0) is 9.59 Å². The Morgan fingerprint density at radius 3 is 2.46 bits per heavy atom. The molecule has 1 unspecified atom stereocenters. The number of nitrogens with zero attached hydrogens (tertiary/aromatic N) is 1. The first kappa shape index (κ1) is 18.9. The highest BCUT2D eigenvalue weighted by atomic mass is 35.5. The van der Waals surface area contributed by atoms with Crippen LogP contribution in [0.1, 0.15) is 19.8 Å². The number of carbonyl (C=O) groups excluding carboxylic acids is 2. The maximum Gasteiger partial charge on any atom is 0.244 e. The van der Waals surface area contributed by atoms with E-state index in [0.717, 1.165) is 6.07 Å². The first-order chi connectivity index (χ1) is 11.2. The number of amides is 2. The largest absolute Gasteiger partial charge is 0.333 e. The molecule has 1 saturated carbocycles. The van der Waals surface area contributed by atoms with Gasteiger partial charge in [-0.2, -0.15) is 0 Å². The van der Waals surface area contributed by atoms with Crippen molar-refractivity contribution in [2.75, 3.05) is 18.4 Å². The number of halogens is 5. The maximum atomic E-state index is 13.6. The SMILES string of the molecule is CCCN(CC(=O)Nc1ccc(F)c(F)c1F)C(=O)C1CC1(Cl)Cl. The summed E-state index contributed by atoms with van der Waals surface area (Å²) in [6, 6.07) is 1.60. The number of anilines is 1. The number of carbonyl (C=O) groups is 2. The number of alkyl halides is 2. The fraction of sp³-hybridized carbons (Fsp3) is 0.467. The van der Waals surface area contributed by atoms with E-state index in [2.05, 4.69) is 5.32 Å². The van der Waals surface area contributed by atoms with Crippen molar-refractivity contribution in [1.82, 2.24) is 4.90 Å². The lowest BCUT2D eigenvalue weighted by atomic mass is 10.2. The van der Waals surface area contributed by atoms with Crippen molar-refractivity contribution >= 4 is 40.7 Å². The maximum absolute atomic E-state index is 13.6. The Hall–Kier alpha value is -1.47. The predicted molar refractivity (Wildman–Crippen MR) is 84.4 cm³/mol. The van der Waals surface area contributed by atoms with Crippen molar-refractivity contribution in [3.8, 4) is 0 Å². The molecule has 0 radical (unpaired) electrons. The number of nitrogens with one attached hydrogen (secondary N) is 1. The zero-order valence-electron chi connectivity index (χ0n) is 12.7. The summed E-state index contributed by atoms with van der Waals surface area (Å²) < 4.78 is 38.5. The van der Waals surface area contributed by atoms with Gasteiger partial charge in [0.25, 0.3) is 0 Å². The Bertz CT molecular complexity index is 670. The lowest BCUT2D eigenvalue weighted by Crippen LogP contribution is -2.40. The van der Waals surface area contributed by atoms with Crippen molar-refractivity contribution in [2.24, 2.45) is 5.92 Å². The molecule has 1 aromatic rings. The molecule has 1 atom stereocenters. The van der Waals surface area contributed by atoms with Gasteiger partial charge in [-0.1, -0.05) is 6.92 Å². The fourth-order valence-corrected chi connectivity index (χ4v) is 2.72. The fourth-order valence-electron chi connectivity index (χ4n) is 2.22. The molecule has 0 aromatic heterocycles. The smallest absolute Gasteiger partial charge is 0.244 e. The van der Waals surface area contributed by atoms with E-state index in [-0.39, 0.29) is 19.0 Å². The Kier molecular flexibility index (Phi) is 5.65. The van der Waals surface area contributed by atoms with Gasteiger partial charge in [-0.15, -0.1) is 23.2 Å². The number of hydrogen-bond acceptors (Lipinski definition) is 2. The summed E-state index contributed by atoms with van der Waals surface area (Å²) in [5.74, 6) is -6.23. The highest BCUT2D eigenvalue weighted by Gasteiger charge is 2.57. The molecule has 4 nitrogen and oxygen atoms in total. The molecule has 0 heterocycles. The first-order valence-electron chi connectivity index (χ1n) is 7.27. The van der Waals surface area contributed by atoms with Gasteiger partial charge in [0.15, 0.2) is 17.5 Å². The molecule has 2 rings (SSSR count). The van der Waals surface area contributed by atoms with Crippen LogP contribution < -0.4 is 5.32 Å². The monoisotopic (exact) mass is 382 g/mol. The van der Waals surface area contributed by atoms with Gasteiger partial charge >= 0.3 is 0 Å². The summed E-state index contributed by atoms with van der Waals surface area (Å²) in [5, 5.41) is 2.12. The predicted octanol–water partition coefficient (Wildman–Crippen LogP) is 3.47. The van der Waals surface area contributed by atoms with E-state index in [1.54, 1.807) is 0 Å². The molecular weight excluding hydrogens is 368 g/mol. The van der Waals surface area contributed by atoms with Crippen molar-refractivity contribution in [3.05, 3.63) is 29.6 Å². The van der Waals surface area contributed by atoms with Crippen LogP contribution in [0.2, 0.25) is 0 Å². The van der Waals surface area contributed by atoms with E-state index >= 15 is 0 Å². The molecule has 1 fully saturated rings. The third-order valence-electron chi connectivity index (χ3n) is 3.57. The zero-order valence-corrected chi connectivity index (χ0v) is 14.2. The van der Waals surface area contributed by atoms with E-state index in [9.17, 15) is 22.8 Å². The van der Waals surface area contributed by atoms with Gasteiger partial charge in [-0.25, -0.2) is 13.2 Å². The van der Waals surface area contributed by atoms with Crippen molar-refractivity contribution in [1.29, 1.82) is 0 Å². The molecule has 0 bridgehead atoms. The van der Waals surface area contributed by atoms with Crippen LogP contribution >= 0.6 is 23.2 Å². The first-order valence-corrected chi connectivity index (χ1v) is 8.03. The average Bonchev–Trinajstić information content (AvgIpc) is 3.15. The van der Waals surface area contributed by atoms with Crippen LogP contribution in [-0.4, -0.2) is 34.1 Å². The van der Waals surface area contributed by atoms with Crippen molar-refractivity contribution < 1.29 is 22.8 Å². The standard InChI is InChI=1S/C15H15Cl2F3N2O2/c1-2-5-22(14(24)8-6-15(8,16)17)7-11(23)21-10-4-3-9(18)12(19)13(10)20/h3-4,8H,2,5-7H2,1H3,(H,21,23). The van der Waals surface area contributed by atoms with Gasteiger partial charge in [0, 0.05) is 6.54 Å². The van der Waals surface area contributed by atoms with Gasteiger partial charge in [-0.05, 0) is 25.0 Å². The molecule has 0 aliphatic heterocycles. The molecule has 9 heteroatoms. The van der Waals surface area contributed by atoms with Crippen LogP contribution in [0.15, 0.2) is 12.1 Å². The molecule has 0 spiro atoms. The number of benzene rings is 1. The van der Waals surface area contributed by atoms with Crippen molar-refractivity contribution in [2.45, 2.75) is 24.1 Å². The van der Waals surface area contributed by atoms with Crippen LogP contribution in [0, 0.1) is 23.4 Å². The van der Waals surface area contributed by atoms with E-state index in [1.807, 2.05) is 6.92 Å². The van der Waals surface area contributed by atoms with Crippen LogP contribution in [0.25, 0.3) is 0 Å². The highest BCUT2D eigenvalue weighted by molar-refractivity contribution is 6.52. The lowest BCUT2D eigenvalue weighted by molar-refractivity contribution is -0.135. The molecule has 1 aliphatic carbocycles. The van der Waals surface area contributed by atoms with E-state index in [1.165, 1.54) is 4.90 Å². The van der Waals surface area contributed by atoms with Gasteiger partial charge in [0.2, 0.25) is 11.8 Å². The van der Waals surface area contributed by atoms with Gasteiger partial charge in [0.05, 0.1) is 18.2 Å². The van der Waals surface area contributed by atoms with Crippen LogP contribution in [0.3, 0.4) is 0 Å². The quantitative estimate of drug-likeness (QED) is 0.604. The summed E-state index contributed by atoms with van der Waals surface area (Å²) in [7, 11) is 0. The Balaban J connectivity index is 2.03. The minimum absolute atomic E-state index is 0.285. The Labute approximate surface area is 146 Å². The second kappa shape index (κ2) is 7.19. The molecule has 24 heavy (non-hydrogen) atoms. The minimum atomic E-state index is -1.68. The van der Waals surface area contributed by atoms with E-state index < -0.39 is 39.3 Å². The summed E-state index contributed by atoms with van der Waals surface area (Å²) in [6.07, 6.45) is 0.886. The third-order valence-corrected chi connectivity index (χ3v) is 4.41. The molecule has 2 amide bonds. The highest BCUT2D eigenvalue weighted by Crippen LogP contribution is 2.53. The topological polar surface area (TPSA) is 49.4 Å². The van der Waals surface area contributed by atoms with E-state index in [0.29, 0.717) is 18.9 Å². The average molecular weight is 383 g/mol. The molecule has 132 valence electrons. The molecule has 1 aromatic carbocycles. The molecule has 1 aliphatic rings. The lowest BCUT2D eigenvalue weighted by Gasteiger charge is -2.22. The van der Waals surface area contributed by atoms with Gasteiger partial charge in [-0.3, -0.25) is 9.59 Å². The summed E-state index contributed by atoms with van der Waals surface area (Å²) >= 11 is 11.7. The normalized spacial score (nSPS) is 18.2. The van der Waals surface area contributed by atoms with E-state index in [4.69, 9.17) is 23.2 Å². The molecule has 0 saturated heterocycles. The van der Waals surface area contributed by atoms with Gasteiger partial charge < -0.3 is 10.2 Å². The Morgan fingerprint density at radius 2 is 1.92 bits per heavy atom. The van der Waals surface area contributed by atoms with Crippen LogP contribution in [0.4, 0.5) is 18.9 Å². The summed E-state index contributed by atoms with van der Waals surface area (Å²) in [6.45, 7) is 1.73. The van der Waals surface area contributed by atoms with Crippen LogP contribution in [0.5, 0.6) is 0 Å². The third kappa shape index (κ3) is 4.13. The second-order valence-corrected chi connectivity index (χ2v) is 7.09. The van der Waals surface area contributed by atoms with Crippen molar-refractivity contribution in [3.63, 3.8) is 0 Å². The minimum Gasteiger partial charge on any atom is -0.333 e. The summed E-state index contributed by atoms with van der Waals surface area (Å²) in [4.78, 5) is 25.5. The summed E-state index contributed by atoms with van der Waals surface area (Å²) in [5.41, 5.74) is -0.502. The zero-order chi connectivity index (χ0) is 18.1. The number of rotatable bonds is 6. The number of hydrogen-bond donors (Lipinski definition) is 1. The second-order valence-electron chi connectivity index (χ2n) is 5.55. The molecule has 1 N–H and O–H groups in total. The Morgan fingerprint density at radius 1 is 1.29 bits per heavy atom. The molecular formula is C15H15Cl2F3N2O2.